The maximum atomic E-state index is 4.87. The molecule has 1 aliphatic carbocycles. The lowest BCUT2D eigenvalue weighted by Gasteiger charge is -2.21. The molecule has 0 saturated heterocycles. The monoisotopic (exact) mass is 283 g/mol. The van der Waals surface area contributed by atoms with Crippen molar-refractivity contribution >= 4 is 6.21 Å². The van der Waals surface area contributed by atoms with E-state index in [9.17, 15) is 0 Å². The molecule has 0 spiro atoms. The highest BCUT2D eigenvalue weighted by molar-refractivity contribution is 5.86. The molecular formula is C20H29N. The molecule has 2 aliphatic rings. The number of hydrogen-bond donors (Lipinski definition) is 0. The van der Waals surface area contributed by atoms with Gasteiger partial charge in [0.25, 0.3) is 0 Å². The highest BCUT2D eigenvalue weighted by atomic mass is 14.8. The summed E-state index contributed by atoms with van der Waals surface area (Å²) in [5.41, 5.74) is 3.84. The van der Waals surface area contributed by atoms with Gasteiger partial charge >= 0.3 is 0 Å². The molecule has 1 aliphatic heterocycles. The molecule has 0 radical (unpaired) electrons. The molecule has 0 N–H and O–H groups in total. The van der Waals surface area contributed by atoms with Gasteiger partial charge in [0.15, 0.2) is 0 Å². The summed E-state index contributed by atoms with van der Waals surface area (Å²) in [5.74, 6) is 0.781. The van der Waals surface area contributed by atoms with Gasteiger partial charge in [-0.3, -0.25) is 4.99 Å². The molecule has 0 aromatic carbocycles. The van der Waals surface area contributed by atoms with E-state index < -0.39 is 0 Å². The van der Waals surface area contributed by atoms with Crippen molar-refractivity contribution in [1.82, 2.24) is 0 Å². The third-order valence-electron chi connectivity index (χ3n) is 5.02. The van der Waals surface area contributed by atoms with Gasteiger partial charge < -0.3 is 0 Å². The summed E-state index contributed by atoms with van der Waals surface area (Å²) < 4.78 is 0. The Morgan fingerprint density at radius 2 is 1.48 bits per heavy atom. The third kappa shape index (κ3) is 4.30. The van der Waals surface area contributed by atoms with Crippen LogP contribution in [-0.2, 0) is 0 Å². The minimum absolute atomic E-state index is 0.480. The van der Waals surface area contributed by atoms with Gasteiger partial charge in [-0.2, -0.15) is 0 Å². The molecular weight excluding hydrogens is 254 g/mol. The van der Waals surface area contributed by atoms with E-state index in [4.69, 9.17) is 4.99 Å². The van der Waals surface area contributed by atoms with Crippen LogP contribution >= 0.6 is 0 Å². The summed E-state index contributed by atoms with van der Waals surface area (Å²) in [6.07, 6.45) is 13.3. The Morgan fingerprint density at radius 1 is 0.810 bits per heavy atom. The van der Waals surface area contributed by atoms with Gasteiger partial charge in [0.2, 0.25) is 0 Å². The Hall–Kier alpha value is -1.37. The molecule has 1 heterocycles. The van der Waals surface area contributed by atoms with E-state index in [0.29, 0.717) is 6.04 Å². The summed E-state index contributed by atoms with van der Waals surface area (Å²) in [6.45, 7) is 16.5. The predicted molar refractivity (Wildman–Crippen MR) is 93.9 cm³/mol. The van der Waals surface area contributed by atoms with Crippen LogP contribution in [0, 0.1) is 5.92 Å². The molecule has 1 fully saturated rings. The van der Waals surface area contributed by atoms with Crippen molar-refractivity contribution in [3.63, 3.8) is 0 Å². The van der Waals surface area contributed by atoms with Crippen LogP contribution in [0.4, 0.5) is 0 Å². The maximum absolute atomic E-state index is 4.87. The van der Waals surface area contributed by atoms with E-state index in [1.54, 1.807) is 0 Å². The first-order valence-corrected chi connectivity index (χ1v) is 8.38. The molecule has 1 nitrogen and oxygen atoms in total. The number of hydrogen-bond acceptors (Lipinski definition) is 1. The Morgan fingerprint density at radius 3 is 2.19 bits per heavy atom. The van der Waals surface area contributed by atoms with Gasteiger partial charge in [0.05, 0.1) is 6.04 Å². The summed E-state index contributed by atoms with van der Waals surface area (Å²) in [6, 6.07) is 0.480. The molecule has 0 aromatic rings. The molecule has 1 atom stereocenters. The summed E-state index contributed by atoms with van der Waals surface area (Å²) in [7, 11) is 0. The first kappa shape index (κ1) is 16.0. The van der Waals surface area contributed by atoms with E-state index in [0.717, 1.165) is 34.6 Å². The highest BCUT2D eigenvalue weighted by Gasteiger charge is 2.24. The largest absolute Gasteiger partial charge is 0.289 e. The first-order chi connectivity index (χ1) is 10.1. The zero-order chi connectivity index (χ0) is 15.2. The maximum Gasteiger partial charge on any atom is 0.0528 e. The first-order valence-electron chi connectivity index (χ1n) is 8.38. The SMILES string of the molecule is C=C1C=NC(C2CCCC2)CCCCCC(=C)C(=C)C1=C. The normalized spacial score (nSPS) is 26.8. The van der Waals surface area contributed by atoms with Crippen LogP contribution in [0.25, 0.3) is 0 Å². The lowest BCUT2D eigenvalue weighted by atomic mass is 9.90. The van der Waals surface area contributed by atoms with Crippen molar-refractivity contribution in [3.05, 3.63) is 48.6 Å². The Labute approximate surface area is 130 Å². The number of nitrogens with zero attached hydrogens (tertiary/aromatic N) is 1. The van der Waals surface area contributed by atoms with Gasteiger partial charge in [-0.1, -0.05) is 52.0 Å². The van der Waals surface area contributed by atoms with E-state index >= 15 is 0 Å². The van der Waals surface area contributed by atoms with Crippen LogP contribution in [0.3, 0.4) is 0 Å². The van der Waals surface area contributed by atoms with Gasteiger partial charge in [-0.05, 0) is 60.3 Å². The van der Waals surface area contributed by atoms with Crippen LogP contribution < -0.4 is 0 Å². The summed E-state index contributed by atoms with van der Waals surface area (Å²) >= 11 is 0. The predicted octanol–water partition coefficient (Wildman–Crippen LogP) is 5.80. The topological polar surface area (TPSA) is 12.4 Å². The van der Waals surface area contributed by atoms with Crippen LogP contribution in [0.5, 0.6) is 0 Å². The van der Waals surface area contributed by atoms with Crippen molar-refractivity contribution in [2.24, 2.45) is 10.9 Å². The number of rotatable bonds is 1. The van der Waals surface area contributed by atoms with Crippen LogP contribution in [0.15, 0.2) is 53.6 Å². The molecule has 1 heteroatoms. The minimum atomic E-state index is 0.480. The molecule has 0 bridgehead atoms. The van der Waals surface area contributed by atoms with Gasteiger partial charge in [-0.15, -0.1) is 0 Å². The standard InChI is InChI=1S/C20H29N/c1-15-10-6-5-7-13-20(19-11-8-9-12-19)21-14-16(2)18(4)17(15)3/h14,19-20H,1-13H2. The number of allylic oxidation sites excluding steroid dienone is 4. The molecule has 1 unspecified atom stereocenters. The minimum Gasteiger partial charge on any atom is -0.289 e. The van der Waals surface area contributed by atoms with E-state index in [-0.39, 0.29) is 0 Å². The molecule has 0 aromatic heterocycles. The van der Waals surface area contributed by atoms with Gasteiger partial charge in [-0.25, -0.2) is 0 Å². The van der Waals surface area contributed by atoms with Crippen molar-refractivity contribution in [2.45, 2.75) is 63.8 Å². The van der Waals surface area contributed by atoms with Crippen LogP contribution in [-0.4, -0.2) is 12.3 Å². The Bertz CT molecular complexity index is 460. The second-order valence-corrected chi connectivity index (χ2v) is 6.58. The number of aliphatic imine (C=N–C) groups is 1. The Kier molecular flexibility index (Phi) is 5.78. The molecule has 0 amide bonds. The van der Waals surface area contributed by atoms with E-state index in [1.807, 2.05) is 6.21 Å². The summed E-state index contributed by atoms with van der Waals surface area (Å²) in [4.78, 5) is 4.87. The van der Waals surface area contributed by atoms with Crippen molar-refractivity contribution < 1.29 is 0 Å². The lowest BCUT2D eigenvalue weighted by molar-refractivity contribution is 0.399. The van der Waals surface area contributed by atoms with Crippen molar-refractivity contribution in [2.75, 3.05) is 0 Å². The highest BCUT2D eigenvalue weighted by Crippen LogP contribution is 2.32. The van der Waals surface area contributed by atoms with E-state index in [2.05, 4.69) is 26.3 Å². The summed E-state index contributed by atoms with van der Waals surface area (Å²) in [5, 5.41) is 0. The Balaban J connectivity index is 2.12. The fourth-order valence-corrected chi connectivity index (χ4v) is 3.46. The average molecular weight is 283 g/mol. The lowest BCUT2D eigenvalue weighted by Crippen LogP contribution is -2.16. The second kappa shape index (κ2) is 7.59. The molecule has 21 heavy (non-hydrogen) atoms. The molecule has 2 rings (SSSR count). The third-order valence-corrected chi connectivity index (χ3v) is 5.02. The zero-order valence-electron chi connectivity index (χ0n) is 13.4. The van der Waals surface area contributed by atoms with Gasteiger partial charge in [0, 0.05) is 6.21 Å². The fourth-order valence-electron chi connectivity index (χ4n) is 3.46. The van der Waals surface area contributed by atoms with Crippen LogP contribution in [0.2, 0.25) is 0 Å². The fraction of sp³-hybridized carbons (Fsp3) is 0.550. The van der Waals surface area contributed by atoms with Gasteiger partial charge in [0.1, 0.15) is 0 Å². The van der Waals surface area contributed by atoms with Crippen LogP contribution in [0.1, 0.15) is 57.8 Å². The molecule has 114 valence electrons. The quantitative estimate of drug-likeness (QED) is 0.576. The van der Waals surface area contributed by atoms with Crippen molar-refractivity contribution in [1.29, 1.82) is 0 Å². The average Bonchev–Trinajstić information content (AvgIpc) is 3.01. The molecule has 1 saturated carbocycles. The smallest absolute Gasteiger partial charge is 0.0528 e. The van der Waals surface area contributed by atoms with E-state index in [1.165, 1.54) is 51.4 Å². The van der Waals surface area contributed by atoms with Crippen molar-refractivity contribution in [3.8, 4) is 0 Å². The zero-order valence-corrected chi connectivity index (χ0v) is 13.4. The second-order valence-electron chi connectivity index (χ2n) is 6.58.